The molecule has 1 aromatic rings. The Morgan fingerprint density at radius 1 is 1.18 bits per heavy atom. The van der Waals surface area contributed by atoms with Crippen LogP contribution in [0.1, 0.15) is 61.3 Å². The molecule has 1 saturated heterocycles. The molecule has 2 rings (SSSR count). The summed E-state index contributed by atoms with van der Waals surface area (Å²) in [7, 11) is 0. The standard InChI is InChI=1S/C19H27N3O5S/c1-6-12-11(5)28-15(14(12)16(24)27-9-4)20-13(23)10-22-17(25)19(7-2,8-3)21-18(22)26/h6-10H2,1-5H3,(H,20,23)(H,21,26). The van der Waals surface area contributed by atoms with Crippen molar-refractivity contribution in [1.82, 2.24) is 10.2 Å². The third-order valence-electron chi connectivity index (χ3n) is 5.05. The molecule has 0 aliphatic carbocycles. The minimum absolute atomic E-state index is 0.225. The number of aryl methyl sites for hydroxylation is 1. The van der Waals surface area contributed by atoms with Crippen LogP contribution in [0.2, 0.25) is 0 Å². The van der Waals surface area contributed by atoms with Crippen LogP contribution in [0.15, 0.2) is 0 Å². The van der Waals surface area contributed by atoms with E-state index in [9.17, 15) is 19.2 Å². The van der Waals surface area contributed by atoms with Crippen molar-refractivity contribution in [2.75, 3.05) is 18.5 Å². The molecule has 0 saturated carbocycles. The highest BCUT2D eigenvalue weighted by molar-refractivity contribution is 7.16. The fraction of sp³-hybridized carbons (Fsp3) is 0.579. The molecule has 1 aromatic heterocycles. The van der Waals surface area contributed by atoms with Gasteiger partial charge in [-0.1, -0.05) is 20.8 Å². The monoisotopic (exact) mass is 409 g/mol. The molecule has 4 amide bonds. The van der Waals surface area contributed by atoms with E-state index in [1.54, 1.807) is 6.92 Å². The number of amides is 4. The maximum atomic E-state index is 12.6. The van der Waals surface area contributed by atoms with Crippen LogP contribution in [0.5, 0.6) is 0 Å². The molecule has 2 N–H and O–H groups in total. The van der Waals surface area contributed by atoms with Crippen LogP contribution < -0.4 is 10.6 Å². The van der Waals surface area contributed by atoms with Gasteiger partial charge in [0.15, 0.2) is 0 Å². The molecule has 154 valence electrons. The van der Waals surface area contributed by atoms with Crippen molar-refractivity contribution in [2.45, 2.75) is 59.4 Å². The summed E-state index contributed by atoms with van der Waals surface area (Å²) < 4.78 is 5.12. The lowest BCUT2D eigenvalue weighted by molar-refractivity contribution is -0.134. The van der Waals surface area contributed by atoms with Gasteiger partial charge in [-0.3, -0.25) is 14.5 Å². The van der Waals surface area contributed by atoms with Gasteiger partial charge in [0.2, 0.25) is 5.91 Å². The Balaban J connectivity index is 2.21. The summed E-state index contributed by atoms with van der Waals surface area (Å²) in [5.74, 6) is -1.44. The number of hydrogen-bond donors (Lipinski definition) is 2. The highest BCUT2D eigenvalue weighted by atomic mass is 32.1. The Hall–Kier alpha value is -2.42. The fourth-order valence-corrected chi connectivity index (χ4v) is 4.52. The van der Waals surface area contributed by atoms with E-state index in [2.05, 4.69) is 10.6 Å². The quantitative estimate of drug-likeness (QED) is 0.507. The molecule has 2 heterocycles. The first-order valence-corrected chi connectivity index (χ1v) is 10.3. The van der Waals surface area contributed by atoms with Gasteiger partial charge in [-0.2, -0.15) is 0 Å². The predicted molar refractivity (Wildman–Crippen MR) is 107 cm³/mol. The number of ether oxygens (including phenoxy) is 1. The Bertz CT molecular complexity index is 798. The summed E-state index contributed by atoms with van der Waals surface area (Å²) in [4.78, 5) is 51.6. The number of carbonyl (C=O) groups excluding carboxylic acids is 4. The molecule has 9 heteroatoms. The summed E-state index contributed by atoms with van der Waals surface area (Å²) in [5.41, 5.74) is 0.209. The topological polar surface area (TPSA) is 105 Å². The van der Waals surface area contributed by atoms with E-state index in [1.807, 2.05) is 27.7 Å². The number of imide groups is 1. The average Bonchev–Trinajstić information content (AvgIpc) is 3.09. The number of thiophene rings is 1. The second-order valence-electron chi connectivity index (χ2n) is 6.57. The van der Waals surface area contributed by atoms with Crippen molar-refractivity contribution in [2.24, 2.45) is 0 Å². The predicted octanol–water partition coefficient (Wildman–Crippen LogP) is 2.84. The maximum Gasteiger partial charge on any atom is 0.341 e. The van der Waals surface area contributed by atoms with E-state index in [4.69, 9.17) is 4.74 Å². The zero-order chi connectivity index (χ0) is 21.1. The Labute approximate surface area is 168 Å². The van der Waals surface area contributed by atoms with Gasteiger partial charge < -0.3 is 15.4 Å². The molecule has 8 nitrogen and oxygen atoms in total. The first kappa shape index (κ1) is 21.9. The molecule has 28 heavy (non-hydrogen) atoms. The SMILES string of the molecule is CCOC(=O)c1c(NC(=O)CN2C(=O)NC(CC)(CC)C2=O)sc(C)c1CC. The van der Waals surface area contributed by atoms with E-state index in [1.165, 1.54) is 11.3 Å². The highest BCUT2D eigenvalue weighted by Crippen LogP contribution is 2.34. The fourth-order valence-electron chi connectivity index (χ4n) is 3.37. The van der Waals surface area contributed by atoms with Gasteiger partial charge >= 0.3 is 12.0 Å². The summed E-state index contributed by atoms with van der Waals surface area (Å²) in [6.45, 7) is 8.96. The number of urea groups is 1. The van der Waals surface area contributed by atoms with Gasteiger partial charge in [0.05, 0.1) is 12.2 Å². The molecule has 1 aliphatic rings. The second-order valence-corrected chi connectivity index (χ2v) is 7.80. The smallest absolute Gasteiger partial charge is 0.341 e. The van der Waals surface area contributed by atoms with Crippen LogP contribution in [0.25, 0.3) is 0 Å². The number of carbonyl (C=O) groups is 4. The number of nitrogens with one attached hydrogen (secondary N) is 2. The summed E-state index contributed by atoms with van der Waals surface area (Å²) in [5, 5.41) is 5.75. The average molecular weight is 410 g/mol. The summed E-state index contributed by atoms with van der Waals surface area (Å²) >= 11 is 1.28. The van der Waals surface area contributed by atoms with Gasteiger partial charge in [-0.15, -0.1) is 11.3 Å². The summed E-state index contributed by atoms with van der Waals surface area (Å²) in [6, 6.07) is -0.578. The molecule has 0 spiro atoms. The molecule has 0 bridgehead atoms. The zero-order valence-corrected chi connectivity index (χ0v) is 17.7. The largest absolute Gasteiger partial charge is 0.462 e. The van der Waals surface area contributed by atoms with Crippen LogP contribution in [0.3, 0.4) is 0 Å². The second kappa shape index (κ2) is 8.72. The third-order valence-corrected chi connectivity index (χ3v) is 6.11. The van der Waals surface area contributed by atoms with E-state index in [0.717, 1.165) is 15.3 Å². The van der Waals surface area contributed by atoms with Crippen molar-refractivity contribution >= 4 is 40.2 Å². The Morgan fingerprint density at radius 3 is 2.32 bits per heavy atom. The zero-order valence-electron chi connectivity index (χ0n) is 16.9. The van der Waals surface area contributed by atoms with Crippen molar-refractivity contribution in [3.63, 3.8) is 0 Å². The number of rotatable bonds is 8. The molecule has 1 fully saturated rings. The van der Waals surface area contributed by atoms with E-state index < -0.39 is 35.9 Å². The van der Waals surface area contributed by atoms with Gasteiger partial charge in [0.1, 0.15) is 17.1 Å². The van der Waals surface area contributed by atoms with Gasteiger partial charge in [0.25, 0.3) is 5.91 Å². The lowest BCUT2D eigenvalue weighted by Gasteiger charge is -2.22. The van der Waals surface area contributed by atoms with E-state index >= 15 is 0 Å². The summed E-state index contributed by atoms with van der Waals surface area (Å²) in [6.07, 6.45) is 1.52. The Morgan fingerprint density at radius 2 is 1.82 bits per heavy atom. The molecule has 0 aromatic carbocycles. The molecule has 0 atom stereocenters. The first-order chi connectivity index (χ1) is 13.2. The lowest BCUT2D eigenvalue weighted by atomic mass is 9.93. The minimum atomic E-state index is -0.956. The van der Waals surface area contributed by atoms with Crippen molar-refractivity contribution in [3.05, 3.63) is 16.0 Å². The molecular formula is C19H27N3O5S. The van der Waals surface area contributed by atoms with Gasteiger partial charge in [-0.05, 0) is 38.7 Å². The van der Waals surface area contributed by atoms with Gasteiger partial charge in [0, 0.05) is 4.88 Å². The van der Waals surface area contributed by atoms with E-state index in [0.29, 0.717) is 29.8 Å². The van der Waals surface area contributed by atoms with Crippen LogP contribution >= 0.6 is 11.3 Å². The number of anilines is 1. The third kappa shape index (κ3) is 3.89. The molecule has 0 unspecified atom stereocenters. The van der Waals surface area contributed by atoms with Crippen molar-refractivity contribution in [3.8, 4) is 0 Å². The maximum absolute atomic E-state index is 12.6. The number of esters is 1. The lowest BCUT2D eigenvalue weighted by Crippen LogP contribution is -2.46. The highest BCUT2D eigenvalue weighted by Gasteiger charge is 2.49. The minimum Gasteiger partial charge on any atom is -0.462 e. The van der Waals surface area contributed by atoms with Gasteiger partial charge in [-0.25, -0.2) is 9.59 Å². The van der Waals surface area contributed by atoms with Crippen molar-refractivity contribution in [1.29, 1.82) is 0 Å². The van der Waals surface area contributed by atoms with E-state index in [-0.39, 0.29) is 6.61 Å². The van der Waals surface area contributed by atoms with Crippen LogP contribution in [0.4, 0.5) is 9.80 Å². The van der Waals surface area contributed by atoms with Crippen molar-refractivity contribution < 1.29 is 23.9 Å². The van der Waals surface area contributed by atoms with Crippen LogP contribution in [-0.4, -0.2) is 47.4 Å². The molecular weight excluding hydrogens is 382 g/mol. The van der Waals surface area contributed by atoms with Crippen LogP contribution in [-0.2, 0) is 20.7 Å². The first-order valence-electron chi connectivity index (χ1n) is 9.47. The Kier molecular flexibility index (Phi) is 6.82. The number of nitrogens with zero attached hydrogens (tertiary/aromatic N) is 1. The molecule has 1 aliphatic heterocycles. The normalized spacial score (nSPS) is 15.5. The molecule has 0 radical (unpaired) electrons. The number of hydrogen-bond acceptors (Lipinski definition) is 6. The van der Waals surface area contributed by atoms with Crippen LogP contribution in [0, 0.1) is 6.92 Å².